The highest BCUT2D eigenvalue weighted by molar-refractivity contribution is 5.89. The van der Waals surface area contributed by atoms with Crippen LogP contribution in [0.15, 0.2) is 36.4 Å². The molecule has 5 heteroatoms. The summed E-state index contributed by atoms with van der Waals surface area (Å²) in [5.41, 5.74) is 4.85. The Balaban J connectivity index is 1.63. The number of carbonyl (C=O) groups is 1. The van der Waals surface area contributed by atoms with Crippen molar-refractivity contribution in [3.8, 4) is 0 Å². The first-order chi connectivity index (χ1) is 12.1. The summed E-state index contributed by atoms with van der Waals surface area (Å²) in [6.07, 6.45) is 5.01. The molecule has 1 aromatic carbocycles. The Hall–Kier alpha value is -2.56. The van der Waals surface area contributed by atoms with Gasteiger partial charge in [0.1, 0.15) is 5.82 Å². The third kappa shape index (κ3) is 4.10. The normalized spacial score (nSPS) is 14.4. The van der Waals surface area contributed by atoms with Crippen molar-refractivity contribution in [3.05, 3.63) is 53.2 Å². The van der Waals surface area contributed by atoms with E-state index in [1.54, 1.807) is 4.68 Å². The van der Waals surface area contributed by atoms with Crippen LogP contribution >= 0.6 is 0 Å². The summed E-state index contributed by atoms with van der Waals surface area (Å²) in [7, 11) is 1.86. The number of carbonyl (C=O) groups excluding carboxylic acids is 1. The zero-order valence-corrected chi connectivity index (χ0v) is 15.2. The number of urea groups is 1. The van der Waals surface area contributed by atoms with Crippen molar-refractivity contribution in [2.75, 3.05) is 18.4 Å². The molecule has 132 valence electrons. The molecule has 0 bridgehead atoms. The number of nitrogens with zero attached hydrogens (tertiary/aromatic N) is 3. The van der Waals surface area contributed by atoms with Crippen molar-refractivity contribution in [2.24, 2.45) is 7.05 Å². The first-order valence-electron chi connectivity index (χ1n) is 8.91. The van der Waals surface area contributed by atoms with E-state index in [-0.39, 0.29) is 6.03 Å². The third-order valence-electron chi connectivity index (χ3n) is 4.56. The molecule has 0 saturated carbocycles. The monoisotopic (exact) mass is 338 g/mol. The highest BCUT2D eigenvalue weighted by atomic mass is 16.2. The fourth-order valence-electron chi connectivity index (χ4n) is 3.17. The van der Waals surface area contributed by atoms with Crippen molar-refractivity contribution >= 4 is 17.4 Å². The lowest BCUT2D eigenvalue weighted by Crippen LogP contribution is -2.38. The van der Waals surface area contributed by atoms with E-state index in [0.717, 1.165) is 37.3 Å². The van der Waals surface area contributed by atoms with Crippen LogP contribution in [0.4, 0.5) is 10.6 Å². The Morgan fingerprint density at radius 2 is 2.16 bits per heavy atom. The molecule has 25 heavy (non-hydrogen) atoms. The zero-order chi connectivity index (χ0) is 17.8. The van der Waals surface area contributed by atoms with Gasteiger partial charge in [-0.3, -0.25) is 10.00 Å². The number of rotatable bonds is 4. The molecule has 0 saturated heterocycles. The minimum absolute atomic E-state index is 0.0643. The molecule has 1 aliphatic rings. The molecule has 0 aliphatic carbocycles. The summed E-state index contributed by atoms with van der Waals surface area (Å²) in [4.78, 5) is 14.4. The summed E-state index contributed by atoms with van der Waals surface area (Å²) in [5, 5.41) is 7.41. The fraction of sp³-hybridized carbons (Fsp3) is 0.400. The molecule has 0 unspecified atom stereocenters. The number of anilines is 1. The molecule has 2 amide bonds. The van der Waals surface area contributed by atoms with E-state index in [0.29, 0.717) is 6.54 Å². The smallest absolute Gasteiger partial charge is 0.320 e. The first kappa shape index (κ1) is 17.3. The van der Waals surface area contributed by atoms with Crippen LogP contribution in [0.25, 0.3) is 5.57 Å². The van der Waals surface area contributed by atoms with Crippen LogP contribution in [0.1, 0.15) is 36.6 Å². The minimum atomic E-state index is -0.0643. The van der Waals surface area contributed by atoms with Gasteiger partial charge in [0.2, 0.25) is 0 Å². The van der Waals surface area contributed by atoms with Crippen LogP contribution in [0.2, 0.25) is 0 Å². The van der Waals surface area contributed by atoms with Crippen molar-refractivity contribution in [1.29, 1.82) is 0 Å². The second-order valence-electron chi connectivity index (χ2n) is 6.62. The Kier molecular flexibility index (Phi) is 5.22. The molecule has 0 fully saturated rings. The van der Waals surface area contributed by atoms with Gasteiger partial charge in [-0.25, -0.2) is 4.79 Å². The van der Waals surface area contributed by atoms with Crippen LogP contribution in [-0.2, 0) is 13.5 Å². The number of amides is 2. The van der Waals surface area contributed by atoms with Crippen molar-refractivity contribution in [3.63, 3.8) is 0 Å². The van der Waals surface area contributed by atoms with Gasteiger partial charge in [0.05, 0.1) is 5.69 Å². The summed E-state index contributed by atoms with van der Waals surface area (Å²) < 4.78 is 1.74. The van der Waals surface area contributed by atoms with E-state index < -0.39 is 0 Å². The van der Waals surface area contributed by atoms with Crippen LogP contribution in [0.5, 0.6) is 0 Å². The Morgan fingerprint density at radius 3 is 2.84 bits per heavy atom. The van der Waals surface area contributed by atoms with Crippen LogP contribution in [-0.4, -0.2) is 33.8 Å². The second kappa shape index (κ2) is 7.55. The van der Waals surface area contributed by atoms with E-state index in [1.165, 1.54) is 16.7 Å². The van der Waals surface area contributed by atoms with Gasteiger partial charge in [0.15, 0.2) is 0 Å². The molecule has 1 aliphatic heterocycles. The molecule has 2 aromatic rings. The summed E-state index contributed by atoms with van der Waals surface area (Å²) in [6, 6.07) is 10.4. The molecule has 2 heterocycles. The van der Waals surface area contributed by atoms with Gasteiger partial charge < -0.3 is 4.90 Å². The average Bonchev–Trinajstić information content (AvgIpc) is 2.94. The highest BCUT2D eigenvalue weighted by Gasteiger charge is 2.19. The number of hydrogen-bond donors (Lipinski definition) is 1. The predicted molar refractivity (Wildman–Crippen MR) is 102 cm³/mol. The second-order valence-corrected chi connectivity index (χ2v) is 6.62. The molecule has 0 radical (unpaired) electrons. The molecule has 3 rings (SSSR count). The highest BCUT2D eigenvalue weighted by Crippen LogP contribution is 2.23. The van der Waals surface area contributed by atoms with Crippen LogP contribution in [0, 0.1) is 6.92 Å². The van der Waals surface area contributed by atoms with E-state index in [2.05, 4.69) is 54.6 Å². The topological polar surface area (TPSA) is 50.2 Å². The summed E-state index contributed by atoms with van der Waals surface area (Å²) in [6.45, 7) is 5.59. The maximum Gasteiger partial charge on any atom is 0.323 e. The molecule has 0 spiro atoms. The lowest BCUT2D eigenvalue weighted by molar-refractivity contribution is 0.216. The minimum Gasteiger partial charge on any atom is -0.320 e. The Bertz CT molecular complexity index is 791. The Labute approximate surface area is 149 Å². The molecular weight excluding hydrogens is 312 g/mol. The lowest BCUT2D eigenvalue weighted by atomic mass is 9.98. The van der Waals surface area contributed by atoms with E-state index in [9.17, 15) is 4.79 Å². The molecular formula is C20H26N4O. The molecule has 1 aromatic heterocycles. The average molecular weight is 338 g/mol. The van der Waals surface area contributed by atoms with E-state index in [1.807, 2.05) is 18.0 Å². The van der Waals surface area contributed by atoms with Gasteiger partial charge in [-0.2, -0.15) is 5.10 Å². The van der Waals surface area contributed by atoms with Gasteiger partial charge in [0, 0.05) is 26.2 Å². The third-order valence-corrected chi connectivity index (χ3v) is 4.56. The summed E-state index contributed by atoms with van der Waals surface area (Å²) >= 11 is 0. The number of hydrogen-bond acceptors (Lipinski definition) is 2. The van der Waals surface area contributed by atoms with E-state index >= 15 is 0 Å². The van der Waals surface area contributed by atoms with Crippen molar-refractivity contribution in [1.82, 2.24) is 14.7 Å². The largest absolute Gasteiger partial charge is 0.323 e. The van der Waals surface area contributed by atoms with Gasteiger partial charge in [-0.05, 0) is 30.9 Å². The molecule has 0 atom stereocenters. The maximum atomic E-state index is 12.5. The van der Waals surface area contributed by atoms with Gasteiger partial charge in [-0.1, -0.05) is 49.2 Å². The quantitative estimate of drug-likeness (QED) is 0.916. The van der Waals surface area contributed by atoms with Gasteiger partial charge in [0.25, 0.3) is 0 Å². The number of aromatic nitrogens is 2. The first-order valence-corrected chi connectivity index (χ1v) is 8.91. The standard InChI is InChI=1S/C20H26N4O/c1-4-6-18-14-19(23(3)22-18)21-20(25)24-11-9-16(10-12-24)17-8-5-7-15(2)13-17/h5,7-9,13-14H,4,6,10-12H2,1-3H3,(H,21,25). The van der Waals surface area contributed by atoms with Gasteiger partial charge in [-0.15, -0.1) is 0 Å². The van der Waals surface area contributed by atoms with Crippen LogP contribution < -0.4 is 5.32 Å². The van der Waals surface area contributed by atoms with E-state index in [4.69, 9.17) is 0 Å². The Morgan fingerprint density at radius 1 is 1.32 bits per heavy atom. The van der Waals surface area contributed by atoms with Crippen molar-refractivity contribution in [2.45, 2.75) is 33.1 Å². The predicted octanol–water partition coefficient (Wildman–Crippen LogP) is 4.00. The zero-order valence-electron chi connectivity index (χ0n) is 15.2. The van der Waals surface area contributed by atoms with Crippen molar-refractivity contribution < 1.29 is 4.79 Å². The fourth-order valence-corrected chi connectivity index (χ4v) is 3.17. The number of benzene rings is 1. The SMILES string of the molecule is CCCc1cc(NC(=O)N2CC=C(c3cccc(C)c3)CC2)n(C)n1. The maximum absolute atomic E-state index is 12.5. The van der Waals surface area contributed by atoms with Crippen LogP contribution in [0.3, 0.4) is 0 Å². The summed E-state index contributed by atoms with van der Waals surface area (Å²) in [5.74, 6) is 0.752. The number of nitrogens with one attached hydrogen (secondary N) is 1. The lowest BCUT2D eigenvalue weighted by Gasteiger charge is -2.27. The molecule has 5 nitrogen and oxygen atoms in total. The number of aryl methyl sites for hydroxylation is 3. The molecule has 1 N–H and O–H groups in total. The van der Waals surface area contributed by atoms with Gasteiger partial charge >= 0.3 is 6.03 Å².